The second-order valence-corrected chi connectivity index (χ2v) is 5.51. The number of fused-ring (bicyclic) bond motifs is 1. The zero-order chi connectivity index (χ0) is 16.9. The summed E-state index contributed by atoms with van der Waals surface area (Å²) in [5, 5.41) is 10.7. The summed E-state index contributed by atoms with van der Waals surface area (Å²) in [6.07, 6.45) is 3.84. The van der Waals surface area contributed by atoms with E-state index in [4.69, 9.17) is 0 Å². The summed E-state index contributed by atoms with van der Waals surface area (Å²) in [6.45, 7) is 3.02. The van der Waals surface area contributed by atoms with Gasteiger partial charge in [-0.15, -0.1) is 0 Å². The summed E-state index contributed by atoms with van der Waals surface area (Å²) >= 11 is 0. The highest BCUT2D eigenvalue weighted by Crippen LogP contribution is 2.22. The van der Waals surface area contributed by atoms with E-state index in [1.165, 1.54) is 12.1 Å². The largest absolute Gasteiger partial charge is 0.308 e. The van der Waals surface area contributed by atoms with Crippen LogP contribution in [-0.4, -0.2) is 20.7 Å². The highest BCUT2D eigenvalue weighted by atomic mass is 16.6. The summed E-state index contributed by atoms with van der Waals surface area (Å²) in [4.78, 5) is 19.4. The Morgan fingerprint density at radius 1 is 1.21 bits per heavy atom. The Morgan fingerprint density at radius 3 is 2.67 bits per heavy atom. The topological polar surface area (TPSA) is 73.3 Å². The van der Waals surface area contributed by atoms with Gasteiger partial charge in [0.1, 0.15) is 0 Å². The molecule has 0 spiro atoms. The monoisotopic (exact) mass is 322 g/mol. The first-order valence-electron chi connectivity index (χ1n) is 7.93. The summed E-state index contributed by atoms with van der Waals surface area (Å²) < 4.78 is 2.11. The number of nitro groups is 1. The maximum atomic E-state index is 10.7. The molecule has 1 heterocycles. The molecule has 0 unspecified atom stereocenters. The van der Waals surface area contributed by atoms with Gasteiger partial charge in [0.15, 0.2) is 0 Å². The maximum absolute atomic E-state index is 10.7. The van der Waals surface area contributed by atoms with Crippen LogP contribution in [0.15, 0.2) is 53.5 Å². The quantitative estimate of drug-likeness (QED) is 0.381. The molecule has 0 atom stereocenters. The van der Waals surface area contributed by atoms with Crippen molar-refractivity contribution < 1.29 is 4.92 Å². The lowest BCUT2D eigenvalue weighted by Crippen LogP contribution is -1.97. The molecule has 6 heteroatoms. The van der Waals surface area contributed by atoms with Gasteiger partial charge in [0.05, 0.1) is 16.0 Å². The van der Waals surface area contributed by atoms with Crippen LogP contribution in [0, 0.1) is 10.1 Å². The molecule has 2 aromatic carbocycles. The van der Waals surface area contributed by atoms with Crippen LogP contribution in [0.25, 0.3) is 11.0 Å². The van der Waals surface area contributed by atoms with Crippen LogP contribution in [0.3, 0.4) is 0 Å². The number of aromatic nitrogens is 2. The van der Waals surface area contributed by atoms with E-state index in [2.05, 4.69) is 21.5 Å². The number of aryl methyl sites for hydroxylation is 1. The van der Waals surface area contributed by atoms with Crippen molar-refractivity contribution in [1.82, 2.24) is 9.55 Å². The van der Waals surface area contributed by atoms with Gasteiger partial charge in [0.25, 0.3) is 5.69 Å². The normalized spacial score (nSPS) is 11.4. The zero-order valence-electron chi connectivity index (χ0n) is 13.4. The molecule has 24 heavy (non-hydrogen) atoms. The van der Waals surface area contributed by atoms with E-state index >= 15 is 0 Å². The van der Waals surface area contributed by atoms with Crippen LogP contribution in [0.5, 0.6) is 0 Å². The molecular weight excluding hydrogens is 304 g/mol. The second-order valence-electron chi connectivity index (χ2n) is 5.51. The van der Waals surface area contributed by atoms with Crippen LogP contribution in [-0.2, 0) is 6.54 Å². The van der Waals surface area contributed by atoms with Crippen molar-refractivity contribution in [1.29, 1.82) is 0 Å². The molecule has 0 bridgehead atoms. The Morgan fingerprint density at radius 2 is 1.96 bits per heavy atom. The first-order valence-corrected chi connectivity index (χ1v) is 7.93. The third-order valence-corrected chi connectivity index (χ3v) is 3.80. The molecule has 0 aliphatic heterocycles. The lowest BCUT2D eigenvalue weighted by Gasteiger charge is -2.04. The van der Waals surface area contributed by atoms with Gasteiger partial charge in [-0.2, -0.15) is 0 Å². The van der Waals surface area contributed by atoms with Crippen molar-refractivity contribution in [3.05, 3.63) is 64.2 Å². The van der Waals surface area contributed by atoms with Gasteiger partial charge >= 0.3 is 0 Å². The number of benzene rings is 2. The molecule has 122 valence electrons. The first kappa shape index (κ1) is 15.9. The zero-order valence-corrected chi connectivity index (χ0v) is 13.4. The van der Waals surface area contributed by atoms with E-state index in [9.17, 15) is 10.1 Å². The average Bonchev–Trinajstić information content (AvgIpc) is 2.96. The fraction of sp³-hybridized carbons (Fsp3) is 0.222. The van der Waals surface area contributed by atoms with Gasteiger partial charge in [-0.05, 0) is 36.2 Å². The number of hydrogen-bond acceptors (Lipinski definition) is 4. The highest BCUT2D eigenvalue weighted by Gasteiger charge is 2.09. The minimum atomic E-state index is -0.412. The SMILES string of the molecule is CCCCn1c(/N=C/c2ccc([N+](=O)[O-])cc2)nc2ccccc21. The van der Waals surface area contributed by atoms with Crippen LogP contribution in [0.1, 0.15) is 25.3 Å². The third kappa shape index (κ3) is 3.32. The highest BCUT2D eigenvalue weighted by molar-refractivity contribution is 5.84. The number of nitro benzene ring substituents is 1. The molecule has 0 aliphatic carbocycles. The molecule has 3 rings (SSSR count). The Bertz CT molecular complexity index is 882. The smallest absolute Gasteiger partial charge is 0.269 e. The first-order chi connectivity index (χ1) is 11.7. The van der Waals surface area contributed by atoms with E-state index in [0.717, 1.165) is 36.0 Å². The van der Waals surface area contributed by atoms with Crippen LogP contribution in [0.2, 0.25) is 0 Å². The summed E-state index contributed by atoms with van der Waals surface area (Å²) in [7, 11) is 0. The summed E-state index contributed by atoms with van der Waals surface area (Å²) in [5.41, 5.74) is 2.86. The van der Waals surface area contributed by atoms with Crippen molar-refractivity contribution in [3.63, 3.8) is 0 Å². The maximum Gasteiger partial charge on any atom is 0.269 e. The number of unbranched alkanes of at least 4 members (excludes halogenated alkanes) is 1. The Labute approximate surface area is 139 Å². The molecule has 0 saturated carbocycles. The van der Waals surface area contributed by atoms with E-state index in [1.54, 1.807) is 18.3 Å². The standard InChI is InChI=1S/C18H18N4O2/c1-2-3-12-21-17-7-5-4-6-16(17)20-18(21)19-13-14-8-10-15(11-9-14)22(23)24/h4-11,13H,2-3,12H2,1H3/b19-13+. The van der Waals surface area contributed by atoms with Gasteiger partial charge in [-0.1, -0.05) is 25.5 Å². The van der Waals surface area contributed by atoms with Gasteiger partial charge in [0, 0.05) is 24.9 Å². The molecular formula is C18H18N4O2. The molecule has 3 aromatic rings. The van der Waals surface area contributed by atoms with Gasteiger partial charge in [-0.25, -0.2) is 9.98 Å². The van der Waals surface area contributed by atoms with Crippen molar-refractivity contribution in [2.75, 3.05) is 0 Å². The number of rotatable bonds is 6. The van der Waals surface area contributed by atoms with E-state index in [0.29, 0.717) is 5.95 Å². The molecule has 0 aliphatic rings. The predicted octanol–water partition coefficient (Wildman–Crippen LogP) is 4.50. The van der Waals surface area contributed by atoms with Crippen molar-refractivity contribution >= 4 is 28.9 Å². The average molecular weight is 322 g/mol. The number of non-ortho nitro benzene ring substituents is 1. The van der Waals surface area contributed by atoms with Crippen molar-refractivity contribution in [2.24, 2.45) is 4.99 Å². The van der Waals surface area contributed by atoms with Crippen LogP contribution < -0.4 is 0 Å². The Hall–Kier alpha value is -3.02. The molecule has 0 saturated heterocycles. The van der Waals surface area contributed by atoms with Crippen LogP contribution >= 0.6 is 0 Å². The lowest BCUT2D eigenvalue weighted by atomic mass is 10.2. The Kier molecular flexibility index (Phi) is 4.65. The van der Waals surface area contributed by atoms with Gasteiger partial charge < -0.3 is 4.57 Å². The number of aliphatic imine (C=N–C) groups is 1. The minimum absolute atomic E-state index is 0.0716. The van der Waals surface area contributed by atoms with Crippen molar-refractivity contribution in [2.45, 2.75) is 26.3 Å². The molecule has 0 amide bonds. The fourth-order valence-corrected chi connectivity index (χ4v) is 2.51. The molecule has 1 aromatic heterocycles. The number of hydrogen-bond donors (Lipinski definition) is 0. The van der Waals surface area contributed by atoms with E-state index < -0.39 is 4.92 Å². The van der Waals surface area contributed by atoms with E-state index in [1.807, 2.05) is 24.3 Å². The number of imidazole rings is 1. The predicted molar refractivity (Wildman–Crippen MR) is 95.0 cm³/mol. The molecule has 0 N–H and O–H groups in total. The Balaban J connectivity index is 1.92. The van der Waals surface area contributed by atoms with Crippen LogP contribution in [0.4, 0.5) is 11.6 Å². The summed E-state index contributed by atoms with van der Waals surface area (Å²) in [6, 6.07) is 14.3. The van der Waals surface area contributed by atoms with Gasteiger partial charge in [0.2, 0.25) is 5.95 Å². The lowest BCUT2D eigenvalue weighted by molar-refractivity contribution is -0.384. The van der Waals surface area contributed by atoms with E-state index in [-0.39, 0.29) is 5.69 Å². The molecule has 0 fully saturated rings. The van der Waals surface area contributed by atoms with Gasteiger partial charge in [-0.3, -0.25) is 10.1 Å². The number of para-hydroxylation sites is 2. The second kappa shape index (κ2) is 7.04. The molecule has 0 radical (unpaired) electrons. The minimum Gasteiger partial charge on any atom is -0.308 e. The third-order valence-electron chi connectivity index (χ3n) is 3.80. The van der Waals surface area contributed by atoms with Crippen molar-refractivity contribution in [3.8, 4) is 0 Å². The summed E-state index contributed by atoms with van der Waals surface area (Å²) in [5.74, 6) is 0.656. The molecule has 6 nitrogen and oxygen atoms in total. The number of nitrogens with zero attached hydrogens (tertiary/aromatic N) is 4. The fourth-order valence-electron chi connectivity index (χ4n) is 2.51.